The molecule has 0 saturated carbocycles. The molecule has 0 radical (unpaired) electrons. The highest BCUT2D eigenvalue weighted by atomic mass is 15.1. The van der Waals surface area contributed by atoms with Crippen LogP contribution in [0.15, 0.2) is 12.7 Å². The fourth-order valence-corrected chi connectivity index (χ4v) is 2.54. The number of hydrogen-bond donors (Lipinski definition) is 1. The average Bonchev–Trinajstić information content (AvgIpc) is 2.31. The zero-order valence-electron chi connectivity index (χ0n) is 10.7. The molecule has 0 bridgehead atoms. The quantitative estimate of drug-likeness (QED) is 0.507. The summed E-state index contributed by atoms with van der Waals surface area (Å²) in [4.78, 5) is 2.63. The van der Waals surface area contributed by atoms with Crippen molar-refractivity contribution in [3.63, 3.8) is 0 Å². The summed E-state index contributed by atoms with van der Waals surface area (Å²) in [5.41, 5.74) is 5.60. The molecule has 0 aromatic carbocycles. The third kappa shape index (κ3) is 5.66. The van der Waals surface area contributed by atoms with Crippen LogP contribution < -0.4 is 5.73 Å². The average molecular weight is 224 g/mol. The number of nitrogens with zero attached hydrogens (tertiary/aromatic N) is 1. The topological polar surface area (TPSA) is 29.3 Å². The Labute approximate surface area is 101 Å². The van der Waals surface area contributed by atoms with Crippen molar-refractivity contribution in [2.45, 2.75) is 44.9 Å². The summed E-state index contributed by atoms with van der Waals surface area (Å²) in [6.45, 7) is 8.51. The molecule has 1 rings (SSSR count). The molecule has 0 unspecified atom stereocenters. The maximum Gasteiger partial charge on any atom is -0.00161 e. The number of hydrogen-bond acceptors (Lipinski definition) is 2. The van der Waals surface area contributed by atoms with Gasteiger partial charge in [0.2, 0.25) is 0 Å². The Morgan fingerprint density at radius 2 is 1.94 bits per heavy atom. The van der Waals surface area contributed by atoms with Crippen LogP contribution in [0.4, 0.5) is 0 Å². The third-order valence-corrected chi connectivity index (χ3v) is 3.66. The number of likely N-dealkylation sites (tertiary alicyclic amines) is 1. The monoisotopic (exact) mass is 224 g/mol. The normalized spacial score (nSPS) is 18.8. The zero-order chi connectivity index (χ0) is 11.6. The Balaban J connectivity index is 1.97. The maximum absolute atomic E-state index is 5.60. The number of nitrogens with two attached hydrogens (primary N) is 1. The molecule has 0 aromatic heterocycles. The Bertz CT molecular complexity index is 172. The van der Waals surface area contributed by atoms with Gasteiger partial charge in [-0.15, -0.1) is 6.58 Å². The fourth-order valence-electron chi connectivity index (χ4n) is 2.54. The smallest absolute Gasteiger partial charge is 0.00161 e. The van der Waals surface area contributed by atoms with Gasteiger partial charge in [-0.1, -0.05) is 12.5 Å². The van der Waals surface area contributed by atoms with E-state index < -0.39 is 0 Å². The van der Waals surface area contributed by atoms with Crippen LogP contribution in [0.5, 0.6) is 0 Å². The highest BCUT2D eigenvalue weighted by Gasteiger charge is 2.17. The molecule has 1 heterocycles. The van der Waals surface area contributed by atoms with Crippen molar-refractivity contribution in [3.05, 3.63) is 12.7 Å². The molecular weight excluding hydrogens is 196 g/mol. The van der Waals surface area contributed by atoms with Crippen LogP contribution in [0, 0.1) is 5.92 Å². The molecule has 1 aliphatic heterocycles. The standard InChI is InChI=1S/C14H28N2/c1-2-3-4-5-6-11-16-12-8-14(7-10-15)9-13-16/h2,14H,1,3-13,15H2. The first-order chi connectivity index (χ1) is 7.86. The fraction of sp³-hybridized carbons (Fsp3) is 0.857. The highest BCUT2D eigenvalue weighted by Crippen LogP contribution is 2.20. The second-order valence-electron chi connectivity index (χ2n) is 5.00. The molecule has 1 aliphatic rings. The molecule has 2 N–H and O–H groups in total. The van der Waals surface area contributed by atoms with E-state index in [9.17, 15) is 0 Å². The van der Waals surface area contributed by atoms with E-state index in [1.165, 1.54) is 64.6 Å². The van der Waals surface area contributed by atoms with Crippen LogP contribution in [-0.2, 0) is 0 Å². The molecule has 94 valence electrons. The molecule has 1 saturated heterocycles. The van der Waals surface area contributed by atoms with E-state index in [4.69, 9.17) is 5.73 Å². The number of piperidine rings is 1. The SMILES string of the molecule is C=CCCCCCN1CCC(CCN)CC1. The number of rotatable bonds is 8. The van der Waals surface area contributed by atoms with E-state index in [1.807, 2.05) is 6.08 Å². The molecule has 0 aromatic rings. The van der Waals surface area contributed by atoms with Crippen LogP contribution in [0.3, 0.4) is 0 Å². The first kappa shape index (κ1) is 13.7. The Kier molecular flexibility index (Phi) is 7.52. The summed E-state index contributed by atoms with van der Waals surface area (Å²) in [5.74, 6) is 0.905. The first-order valence-corrected chi connectivity index (χ1v) is 6.90. The molecular formula is C14H28N2. The van der Waals surface area contributed by atoms with Crippen molar-refractivity contribution in [3.8, 4) is 0 Å². The predicted molar refractivity (Wildman–Crippen MR) is 71.5 cm³/mol. The second-order valence-corrected chi connectivity index (χ2v) is 5.00. The molecule has 0 amide bonds. The van der Waals surface area contributed by atoms with Gasteiger partial charge < -0.3 is 10.6 Å². The van der Waals surface area contributed by atoms with E-state index >= 15 is 0 Å². The van der Waals surface area contributed by atoms with Crippen molar-refractivity contribution in [2.75, 3.05) is 26.2 Å². The molecule has 0 atom stereocenters. The molecule has 2 heteroatoms. The largest absolute Gasteiger partial charge is 0.330 e. The van der Waals surface area contributed by atoms with Crippen molar-refractivity contribution in [1.82, 2.24) is 4.90 Å². The van der Waals surface area contributed by atoms with E-state index in [2.05, 4.69) is 11.5 Å². The van der Waals surface area contributed by atoms with E-state index in [0.717, 1.165) is 12.5 Å². The minimum atomic E-state index is 0.867. The van der Waals surface area contributed by atoms with Gasteiger partial charge in [-0.25, -0.2) is 0 Å². The number of unbranched alkanes of at least 4 members (excludes halogenated alkanes) is 3. The zero-order valence-corrected chi connectivity index (χ0v) is 10.7. The van der Waals surface area contributed by atoms with E-state index in [1.54, 1.807) is 0 Å². The summed E-state index contributed by atoms with van der Waals surface area (Å²) in [5, 5.41) is 0. The molecule has 0 spiro atoms. The van der Waals surface area contributed by atoms with Crippen molar-refractivity contribution in [2.24, 2.45) is 11.7 Å². The second kappa shape index (κ2) is 8.77. The molecule has 0 aliphatic carbocycles. The minimum Gasteiger partial charge on any atom is -0.330 e. The summed E-state index contributed by atoms with van der Waals surface area (Å²) in [7, 11) is 0. The summed E-state index contributed by atoms with van der Waals surface area (Å²) >= 11 is 0. The molecule has 1 fully saturated rings. The van der Waals surface area contributed by atoms with Gasteiger partial charge in [-0.05, 0) is 70.6 Å². The third-order valence-electron chi connectivity index (χ3n) is 3.66. The van der Waals surface area contributed by atoms with Crippen LogP contribution in [0.25, 0.3) is 0 Å². The summed E-state index contributed by atoms with van der Waals surface area (Å²) in [6, 6.07) is 0. The highest BCUT2D eigenvalue weighted by molar-refractivity contribution is 4.72. The van der Waals surface area contributed by atoms with Gasteiger partial charge in [0.25, 0.3) is 0 Å². The van der Waals surface area contributed by atoms with Gasteiger partial charge in [0.05, 0.1) is 0 Å². The Morgan fingerprint density at radius 1 is 1.19 bits per heavy atom. The van der Waals surface area contributed by atoms with Crippen LogP contribution in [0.2, 0.25) is 0 Å². The van der Waals surface area contributed by atoms with Crippen molar-refractivity contribution in [1.29, 1.82) is 0 Å². The van der Waals surface area contributed by atoms with E-state index in [0.29, 0.717) is 0 Å². The van der Waals surface area contributed by atoms with Crippen LogP contribution >= 0.6 is 0 Å². The van der Waals surface area contributed by atoms with Crippen molar-refractivity contribution < 1.29 is 0 Å². The lowest BCUT2D eigenvalue weighted by molar-refractivity contribution is 0.177. The minimum absolute atomic E-state index is 0.867. The lowest BCUT2D eigenvalue weighted by atomic mass is 9.93. The van der Waals surface area contributed by atoms with E-state index in [-0.39, 0.29) is 0 Å². The lowest BCUT2D eigenvalue weighted by Crippen LogP contribution is -2.34. The Hall–Kier alpha value is -0.340. The summed E-state index contributed by atoms with van der Waals surface area (Å²) < 4.78 is 0. The predicted octanol–water partition coefficient (Wildman–Crippen LogP) is 2.79. The van der Waals surface area contributed by atoms with Gasteiger partial charge in [0.1, 0.15) is 0 Å². The van der Waals surface area contributed by atoms with Crippen molar-refractivity contribution >= 4 is 0 Å². The van der Waals surface area contributed by atoms with Gasteiger partial charge in [0.15, 0.2) is 0 Å². The van der Waals surface area contributed by atoms with Crippen LogP contribution in [0.1, 0.15) is 44.9 Å². The lowest BCUT2D eigenvalue weighted by Gasteiger charge is -2.31. The number of allylic oxidation sites excluding steroid dienone is 1. The van der Waals surface area contributed by atoms with Crippen LogP contribution in [-0.4, -0.2) is 31.1 Å². The molecule has 2 nitrogen and oxygen atoms in total. The van der Waals surface area contributed by atoms with Gasteiger partial charge in [0, 0.05) is 0 Å². The summed E-state index contributed by atoms with van der Waals surface area (Å²) in [6.07, 6.45) is 11.2. The van der Waals surface area contributed by atoms with Gasteiger partial charge in [-0.2, -0.15) is 0 Å². The van der Waals surface area contributed by atoms with Gasteiger partial charge in [-0.3, -0.25) is 0 Å². The maximum atomic E-state index is 5.60. The van der Waals surface area contributed by atoms with Gasteiger partial charge >= 0.3 is 0 Å². The molecule has 16 heavy (non-hydrogen) atoms. The Morgan fingerprint density at radius 3 is 2.56 bits per heavy atom. The first-order valence-electron chi connectivity index (χ1n) is 6.90.